The Kier molecular flexibility index (Phi) is 6.98. The molecule has 0 bridgehead atoms. The van der Waals surface area contributed by atoms with Crippen molar-refractivity contribution in [3.05, 3.63) is 34.8 Å². The van der Waals surface area contributed by atoms with Gasteiger partial charge in [-0.3, -0.25) is 0 Å². The molecule has 11 heavy (non-hydrogen) atoms. The van der Waals surface area contributed by atoms with Crippen molar-refractivity contribution in [3.8, 4) is 0 Å². The van der Waals surface area contributed by atoms with E-state index in [1.54, 1.807) is 0 Å². The van der Waals surface area contributed by atoms with Crippen molar-refractivity contribution in [3.63, 3.8) is 0 Å². The van der Waals surface area contributed by atoms with E-state index in [4.69, 9.17) is 9.90 Å². The molecule has 1 aromatic carbocycles. The Morgan fingerprint density at radius 2 is 1.82 bits per heavy atom. The Hall–Kier alpha value is -0.670. The zero-order chi connectivity index (χ0) is 8.53. The summed E-state index contributed by atoms with van der Waals surface area (Å²) in [5, 5.41) is 7.51. The first kappa shape index (κ1) is 10.3. The summed E-state index contributed by atoms with van der Waals surface area (Å²) in [5.41, 5.74) is 0. The minimum atomic E-state index is -0.361. The lowest BCUT2D eigenvalue weighted by atomic mass is 10.4. The van der Waals surface area contributed by atoms with Gasteiger partial charge in [-0.2, -0.15) is 0 Å². The third-order valence-corrected chi connectivity index (χ3v) is 1.34. The molecule has 0 saturated heterocycles. The third-order valence-electron chi connectivity index (χ3n) is 0.808. The van der Waals surface area contributed by atoms with Crippen LogP contribution in [-0.4, -0.2) is 18.0 Å². The highest BCUT2D eigenvalue weighted by atomic mass is 79.9. The van der Waals surface area contributed by atoms with Crippen molar-refractivity contribution in [2.45, 2.75) is 0 Å². The summed E-state index contributed by atoms with van der Waals surface area (Å²) in [6.07, 6.45) is 0.431. The summed E-state index contributed by atoms with van der Waals surface area (Å²) in [6.45, 7) is -0.361. The van der Waals surface area contributed by atoms with Gasteiger partial charge in [-0.15, -0.1) is 0 Å². The van der Waals surface area contributed by atoms with Gasteiger partial charge in [0.2, 0.25) is 0 Å². The summed E-state index contributed by atoms with van der Waals surface area (Å²) >= 11 is 3.31. The molecule has 0 heterocycles. The van der Waals surface area contributed by atoms with Gasteiger partial charge in [0.25, 0.3) is 0 Å². The number of carbonyl (C=O) groups is 1. The second-order valence-corrected chi connectivity index (χ2v) is 2.56. The molecule has 3 heteroatoms. The number of hydrogen-bond acceptors (Lipinski definition) is 2. The van der Waals surface area contributed by atoms with Crippen molar-refractivity contribution < 1.29 is 9.90 Å². The van der Waals surface area contributed by atoms with Crippen LogP contribution in [0.5, 0.6) is 0 Å². The van der Waals surface area contributed by atoms with Gasteiger partial charge in [-0.05, 0) is 12.1 Å². The average Bonchev–Trinajstić information content (AvgIpc) is 2.07. The molecule has 0 amide bonds. The lowest BCUT2D eigenvalue weighted by Gasteiger charge is -1.80. The van der Waals surface area contributed by atoms with Crippen molar-refractivity contribution in [1.82, 2.24) is 0 Å². The van der Waals surface area contributed by atoms with Crippen LogP contribution in [-0.2, 0) is 4.79 Å². The number of halogens is 1. The smallest absolute Gasteiger partial charge is 0.145 e. The maximum atomic E-state index is 8.92. The molecule has 1 aromatic rings. The van der Waals surface area contributed by atoms with Crippen molar-refractivity contribution in [2.24, 2.45) is 0 Å². The van der Waals surface area contributed by atoms with Gasteiger partial charge in [0.05, 0.1) is 6.61 Å². The lowest BCUT2D eigenvalue weighted by molar-refractivity contribution is -0.110. The highest BCUT2D eigenvalue weighted by Gasteiger charge is 1.74. The standard InChI is InChI=1S/C6H5Br.C2H4O2/c7-6-4-2-1-3-5-6;3-1-2-4/h1-5H;1,4H,2H2. The topological polar surface area (TPSA) is 37.3 Å². The molecule has 1 N–H and O–H groups in total. The second kappa shape index (κ2) is 7.44. The van der Waals surface area contributed by atoms with Crippen molar-refractivity contribution >= 4 is 22.2 Å². The zero-order valence-corrected chi connectivity index (χ0v) is 7.49. The monoisotopic (exact) mass is 216 g/mol. The number of carbonyl (C=O) groups excluding carboxylic acids is 1. The molecule has 0 atom stereocenters. The molecular formula is C8H9BrO2. The first-order valence-corrected chi connectivity index (χ1v) is 3.85. The molecule has 0 spiro atoms. The minimum Gasteiger partial charge on any atom is -0.389 e. The zero-order valence-electron chi connectivity index (χ0n) is 5.90. The van der Waals surface area contributed by atoms with E-state index in [0.717, 1.165) is 4.47 Å². The van der Waals surface area contributed by atoms with Crippen molar-refractivity contribution in [1.29, 1.82) is 0 Å². The quantitative estimate of drug-likeness (QED) is 0.726. The number of aldehydes is 1. The van der Waals surface area contributed by atoms with Crippen LogP contribution >= 0.6 is 15.9 Å². The molecule has 0 fully saturated rings. The first-order valence-electron chi connectivity index (χ1n) is 3.06. The van der Waals surface area contributed by atoms with Gasteiger partial charge in [-0.25, -0.2) is 0 Å². The Bertz CT molecular complexity index is 187. The summed E-state index contributed by atoms with van der Waals surface area (Å²) in [4.78, 5) is 8.92. The predicted octanol–water partition coefficient (Wildman–Crippen LogP) is 1.63. The van der Waals surface area contributed by atoms with Crippen LogP contribution in [0.1, 0.15) is 0 Å². The number of benzene rings is 1. The Balaban J connectivity index is 0.000000218. The van der Waals surface area contributed by atoms with E-state index >= 15 is 0 Å². The fourth-order valence-corrected chi connectivity index (χ4v) is 0.720. The van der Waals surface area contributed by atoms with Gasteiger partial charge in [0, 0.05) is 4.47 Å². The number of aliphatic hydroxyl groups excluding tert-OH is 1. The maximum Gasteiger partial charge on any atom is 0.145 e. The Labute approximate surface area is 74.0 Å². The summed E-state index contributed by atoms with van der Waals surface area (Å²) < 4.78 is 1.13. The van der Waals surface area contributed by atoms with E-state index in [9.17, 15) is 0 Å². The predicted molar refractivity (Wildman–Crippen MR) is 47.3 cm³/mol. The third kappa shape index (κ3) is 7.22. The van der Waals surface area contributed by atoms with Gasteiger partial charge < -0.3 is 9.90 Å². The fraction of sp³-hybridized carbons (Fsp3) is 0.125. The van der Waals surface area contributed by atoms with E-state index in [1.165, 1.54) is 0 Å². The molecule has 2 nitrogen and oxygen atoms in total. The molecule has 0 aliphatic carbocycles. The van der Waals surface area contributed by atoms with Crippen LogP contribution < -0.4 is 0 Å². The van der Waals surface area contributed by atoms with E-state index in [0.29, 0.717) is 6.29 Å². The average molecular weight is 217 g/mol. The van der Waals surface area contributed by atoms with Crippen LogP contribution in [0, 0.1) is 0 Å². The second-order valence-electron chi connectivity index (χ2n) is 1.64. The maximum absolute atomic E-state index is 8.92. The molecule has 0 radical (unpaired) electrons. The van der Waals surface area contributed by atoms with E-state index in [2.05, 4.69) is 15.9 Å². The largest absolute Gasteiger partial charge is 0.389 e. The normalized spacial score (nSPS) is 7.82. The summed E-state index contributed by atoms with van der Waals surface area (Å²) in [6, 6.07) is 9.97. The molecule has 60 valence electrons. The Morgan fingerprint density at radius 3 is 2.00 bits per heavy atom. The minimum absolute atomic E-state index is 0.361. The van der Waals surface area contributed by atoms with E-state index < -0.39 is 0 Å². The van der Waals surface area contributed by atoms with Gasteiger partial charge in [0.1, 0.15) is 6.29 Å². The van der Waals surface area contributed by atoms with Crippen LogP contribution in [0.15, 0.2) is 34.8 Å². The van der Waals surface area contributed by atoms with Gasteiger partial charge >= 0.3 is 0 Å². The highest BCUT2D eigenvalue weighted by Crippen LogP contribution is 2.05. The number of aliphatic hydroxyl groups is 1. The SMILES string of the molecule is Brc1ccccc1.O=CCO. The Morgan fingerprint density at radius 1 is 1.36 bits per heavy atom. The molecule has 0 saturated carbocycles. The lowest BCUT2D eigenvalue weighted by Crippen LogP contribution is -1.75. The number of hydrogen-bond donors (Lipinski definition) is 1. The molecular weight excluding hydrogens is 208 g/mol. The van der Waals surface area contributed by atoms with Crippen LogP contribution in [0.25, 0.3) is 0 Å². The van der Waals surface area contributed by atoms with Crippen LogP contribution in [0.3, 0.4) is 0 Å². The van der Waals surface area contributed by atoms with E-state index in [1.807, 2.05) is 30.3 Å². The van der Waals surface area contributed by atoms with Crippen LogP contribution in [0.2, 0.25) is 0 Å². The first-order chi connectivity index (χ1) is 5.31. The summed E-state index contributed by atoms with van der Waals surface area (Å²) in [5.74, 6) is 0. The van der Waals surface area contributed by atoms with E-state index in [-0.39, 0.29) is 6.61 Å². The van der Waals surface area contributed by atoms with Crippen LogP contribution in [0.4, 0.5) is 0 Å². The number of rotatable bonds is 1. The molecule has 0 aromatic heterocycles. The molecule has 0 unspecified atom stereocenters. The fourth-order valence-electron chi connectivity index (χ4n) is 0.415. The molecule has 1 rings (SSSR count). The van der Waals surface area contributed by atoms with Gasteiger partial charge in [-0.1, -0.05) is 34.1 Å². The highest BCUT2D eigenvalue weighted by molar-refractivity contribution is 9.10. The van der Waals surface area contributed by atoms with Gasteiger partial charge in [0.15, 0.2) is 0 Å². The molecule has 0 aliphatic heterocycles. The molecule has 0 aliphatic rings. The van der Waals surface area contributed by atoms with Crippen molar-refractivity contribution in [2.75, 3.05) is 6.61 Å². The summed E-state index contributed by atoms with van der Waals surface area (Å²) in [7, 11) is 0.